The van der Waals surface area contributed by atoms with Crippen LogP contribution >= 0.6 is 0 Å². The van der Waals surface area contributed by atoms with E-state index in [1.165, 1.54) is 0 Å². The summed E-state index contributed by atoms with van der Waals surface area (Å²) in [4.78, 5) is 26.5. The topological polar surface area (TPSA) is 61.8 Å². The van der Waals surface area contributed by atoms with Gasteiger partial charge in [0.25, 0.3) is 0 Å². The van der Waals surface area contributed by atoms with E-state index in [1.807, 2.05) is 6.92 Å². The second-order valence-electron chi connectivity index (χ2n) is 11.5. The molecule has 2 aliphatic rings. The number of carbonyl (C=O) groups excluding carboxylic acids is 2. The zero-order chi connectivity index (χ0) is 24.6. The van der Waals surface area contributed by atoms with Gasteiger partial charge in [-0.05, 0) is 62.2 Å². The summed E-state index contributed by atoms with van der Waals surface area (Å²) < 4.78 is 18.0. The summed E-state index contributed by atoms with van der Waals surface area (Å²) >= 11 is 0. The highest BCUT2D eigenvalue weighted by atomic mass is 28.4. The quantitative estimate of drug-likeness (QED) is 0.238. The highest BCUT2D eigenvalue weighted by Gasteiger charge is 2.44. The van der Waals surface area contributed by atoms with Crippen molar-refractivity contribution >= 4 is 20.1 Å². The standard InChI is InChI=1S/C26H44O5Si/c1-12-18(13-2)19-14-20(16(3)21(15-19)31-32(10,11)25(5,6)7)23(27)22-17(4)29-26(8,9)30-24(22)28/h18-19,21H,12-15H2,1-11H3/t19-,21-/m0/s1. The van der Waals surface area contributed by atoms with Crippen molar-refractivity contribution in [2.75, 3.05) is 0 Å². The van der Waals surface area contributed by atoms with Gasteiger partial charge in [0.15, 0.2) is 14.1 Å². The normalized spacial score (nSPS) is 24.6. The Kier molecular flexibility index (Phi) is 7.93. The first kappa shape index (κ1) is 26.8. The molecule has 182 valence electrons. The van der Waals surface area contributed by atoms with Crippen molar-refractivity contribution in [3.05, 3.63) is 22.5 Å². The number of ether oxygens (including phenoxy) is 2. The molecule has 0 aromatic heterocycles. The van der Waals surface area contributed by atoms with Crippen molar-refractivity contribution in [2.45, 2.75) is 118 Å². The third kappa shape index (κ3) is 5.56. The lowest BCUT2D eigenvalue weighted by Crippen LogP contribution is -2.46. The Morgan fingerprint density at radius 2 is 1.72 bits per heavy atom. The number of hydrogen-bond donors (Lipinski definition) is 0. The Bertz CT molecular complexity index is 809. The van der Waals surface area contributed by atoms with Gasteiger partial charge in [0, 0.05) is 19.4 Å². The largest absolute Gasteiger partial charge is 0.456 e. The first-order chi connectivity index (χ1) is 14.5. The maximum atomic E-state index is 13.7. The molecule has 2 atom stereocenters. The lowest BCUT2D eigenvalue weighted by atomic mass is 9.72. The van der Waals surface area contributed by atoms with Crippen LogP contribution in [0.25, 0.3) is 0 Å². The van der Waals surface area contributed by atoms with Gasteiger partial charge < -0.3 is 13.9 Å². The van der Waals surface area contributed by atoms with E-state index in [9.17, 15) is 9.59 Å². The monoisotopic (exact) mass is 464 g/mol. The number of allylic oxidation sites excluding steroid dienone is 2. The van der Waals surface area contributed by atoms with Crippen molar-refractivity contribution in [3.8, 4) is 0 Å². The van der Waals surface area contributed by atoms with Crippen LogP contribution in [0.1, 0.15) is 88.0 Å². The lowest BCUT2D eigenvalue weighted by Gasteiger charge is -2.43. The van der Waals surface area contributed by atoms with E-state index in [0.717, 1.165) is 24.8 Å². The van der Waals surface area contributed by atoms with E-state index in [1.54, 1.807) is 20.8 Å². The van der Waals surface area contributed by atoms with Gasteiger partial charge >= 0.3 is 5.97 Å². The Morgan fingerprint density at radius 3 is 2.19 bits per heavy atom. The van der Waals surface area contributed by atoms with Gasteiger partial charge in [0.05, 0.1) is 6.10 Å². The van der Waals surface area contributed by atoms with Crippen LogP contribution in [0.5, 0.6) is 0 Å². The molecule has 32 heavy (non-hydrogen) atoms. The highest BCUT2D eigenvalue weighted by molar-refractivity contribution is 6.74. The molecule has 2 rings (SSSR count). The van der Waals surface area contributed by atoms with Crippen molar-refractivity contribution < 1.29 is 23.5 Å². The molecule has 1 heterocycles. The minimum Gasteiger partial charge on any atom is -0.456 e. The maximum absolute atomic E-state index is 13.7. The van der Waals surface area contributed by atoms with Gasteiger partial charge in [-0.2, -0.15) is 0 Å². The number of rotatable bonds is 7. The van der Waals surface area contributed by atoms with Gasteiger partial charge in [-0.25, -0.2) is 4.79 Å². The smallest absolute Gasteiger partial charge is 0.348 e. The fourth-order valence-electron chi connectivity index (χ4n) is 4.67. The van der Waals surface area contributed by atoms with Crippen LogP contribution in [0.4, 0.5) is 0 Å². The summed E-state index contributed by atoms with van der Waals surface area (Å²) in [6.07, 6.45) is 3.62. The number of ketones is 1. The number of hydrogen-bond acceptors (Lipinski definition) is 5. The summed E-state index contributed by atoms with van der Waals surface area (Å²) in [6, 6.07) is 0. The van der Waals surface area contributed by atoms with Crippen LogP contribution in [-0.2, 0) is 23.5 Å². The van der Waals surface area contributed by atoms with Crippen LogP contribution in [0.15, 0.2) is 22.5 Å². The number of carbonyl (C=O) groups is 2. The van der Waals surface area contributed by atoms with Crippen molar-refractivity contribution in [1.29, 1.82) is 0 Å². The summed E-state index contributed by atoms with van der Waals surface area (Å²) in [5.74, 6) is -0.730. The molecule has 0 aromatic rings. The molecule has 0 saturated carbocycles. The van der Waals surface area contributed by atoms with E-state index in [-0.39, 0.29) is 22.5 Å². The van der Waals surface area contributed by atoms with E-state index < -0.39 is 20.1 Å². The Labute approximate surface area is 196 Å². The van der Waals surface area contributed by atoms with E-state index in [0.29, 0.717) is 29.6 Å². The maximum Gasteiger partial charge on any atom is 0.348 e. The average Bonchev–Trinajstić information content (AvgIpc) is 2.62. The molecule has 6 heteroatoms. The zero-order valence-corrected chi connectivity index (χ0v) is 23.1. The van der Waals surface area contributed by atoms with Crippen LogP contribution in [0.3, 0.4) is 0 Å². The molecule has 0 radical (unpaired) electrons. The lowest BCUT2D eigenvalue weighted by molar-refractivity contribution is -0.207. The molecule has 0 fully saturated rings. The van der Waals surface area contributed by atoms with Crippen LogP contribution in [0.2, 0.25) is 18.1 Å². The molecule has 1 aliphatic heterocycles. The molecule has 0 bridgehead atoms. The molecule has 0 amide bonds. The summed E-state index contributed by atoms with van der Waals surface area (Å²) in [5, 5.41) is 0.0744. The first-order valence-corrected chi connectivity index (χ1v) is 15.0. The molecule has 1 aliphatic carbocycles. The highest BCUT2D eigenvalue weighted by Crippen LogP contribution is 2.44. The zero-order valence-electron chi connectivity index (χ0n) is 22.1. The number of Topliss-reactive ketones (excluding diaryl/α,β-unsaturated/α-hetero) is 1. The Balaban J connectivity index is 2.51. The second kappa shape index (κ2) is 9.45. The molecule has 0 spiro atoms. The van der Waals surface area contributed by atoms with Crippen molar-refractivity contribution in [3.63, 3.8) is 0 Å². The average molecular weight is 465 g/mol. The van der Waals surface area contributed by atoms with Gasteiger partial charge in [-0.1, -0.05) is 47.5 Å². The van der Waals surface area contributed by atoms with Gasteiger partial charge in [0.1, 0.15) is 11.3 Å². The van der Waals surface area contributed by atoms with Crippen molar-refractivity contribution in [2.24, 2.45) is 11.8 Å². The van der Waals surface area contributed by atoms with Crippen LogP contribution < -0.4 is 0 Å². The predicted octanol–water partition coefficient (Wildman–Crippen LogP) is 6.69. The fourth-order valence-corrected chi connectivity index (χ4v) is 6.01. The predicted molar refractivity (Wildman–Crippen MR) is 131 cm³/mol. The van der Waals surface area contributed by atoms with Crippen LogP contribution in [-0.4, -0.2) is 32.0 Å². The summed E-state index contributed by atoms with van der Waals surface area (Å²) in [6.45, 7) is 22.7. The van der Waals surface area contributed by atoms with Crippen molar-refractivity contribution in [1.82, 2.24) is 0 Å². The van der Waals surface area contributed by atoms with Gasteiger partial charge in [0.2, 0.25) is 5.79 Å². The molecule has 5 nitrogen and oxygen atoms in total. The number of esters is 1. The molecule has 0 unspecified atom stereocenters. The van der Waals surface area contributed by atoms with E-state index >= 15 is 0 Å². The Hall–Kier alpha value is -1.40. The summed E-state index contributed by atoms with van der Waals surface area (Å²) in [7, 11) is -2.04. The summed E-state index contributed by atoms with van der Waals surface area (Å²) in [5.41, 5.74) is 1.68. The third-order valence-electron chi connectivity index (χ3n) is 7.70. The van der Waals surface area contributed by atoms with Crippen LogP contribution in [0, 0.1) is 11.8 Å². The molecular formula is C26H44O5Si. The fraction of sp³-hybridized carbons (Fsp3) is 0.769. The SMILES string of the molecule is CCC(CC)[C@H]1CC(C(=O)C2=C(C)OC(C)(C)OC2=O)=C(C)[C@@H](O[Si](C)(C)C(C)(C)C)C1. The Morgan fingerprint density at radius 1 is 1.16 bits per heavy atom. The first-order valence-electron chi connectivity index (χ1n) is 12.1. The third-order valence-corrected chi connectivity index (χ3v) is 12.2. The molecule has 0 saturated heterocycles. The molecule has 0 aromatic carbocycles. The molecule has 0 N–H and O–H groups in total. The van der Waals surface area contributed by atoms with Gasteiger partial charge in [-0.3, -0.25) is 4.79 Å². The minimum atomic E-state index is -2.04. The van der Waals surface area contributed by atoms with Gasteiger partial charge in [-0.15, -0.1) is 0 Å². The number of cyclic esters (lactones) is 1. The second-order valence-corrected chi connectivity index (χ2v) is 16.2. The molecular weight excluding hydrogens is 420 g/mol. The minimum absolute atomic E-state index is 0.0231. The van der Waals surface area contributed by atoms with E-state index in [2.05, 4.69) is 47.7 Å². The van der Waals surface area contributed by atoms with E-state index in [4.69, 9.17) is 13.9 Å².